The minimum absolute atomic E-state index is 0.0334. The van der Waals surface area contributed by atoms with E-state index in [1.165, 1.54) is 4.90 Å². The van der Waals surface area contributed by atoms with Crippen molar-refractivity contribution in [3.05, 3.63) is 0 Å². The second kappa shape index (κ2) is 8.41. The van der Waals surface area contributed by atoms with Gasteiger partial charge in [-0.25, -0.2) is 8.78 Å². The summed E-state index contributed by atoms with van der Waals surface area (Å²) in [6, 6.07) is 0.0466. The molecule has 4 nitrogen and oxygen atoms in total. The Bertz CT molecular complexity index is 201. The number of amides is 1. The lowest BCUT2D eigenvalue weighted by Gasteiger charge is -2.18. The predicted molar refractivity (Wildman–Crippen MR) is 57.3 cm³/mol. The highest BCUT2D eigenvalue weighted by Crippen LogP contribution is 1.98. The fourth-order valence-corrected chi connectivity index (χ4v) is 1.04. The molecule has 1 amide bonds. The highest BCUT2D eigenvalue weighted by atomic mass is 19.3. The number of halogens is 2. The molecule has 1 atom stereocenters. The molecule has 0 aromatic rings. The molecule has 0 radical (unpaired) electrons. The summed E-state index contributed by atoms with van der Waals surface area (Å²) in [6.07, 6.45) is -1.63. The number of ether oxygens (including phenoxy) is 1. The Balaban J connectivity index is 3.55. The molecule has 0 aliphatic carbocycles. The van der Waals surface area contributed by atoms with Gasteiger partial charge in [0.1, 0.15) is 6.61 Å². The van der Waals surface area contributed by atoms with E-state index in [2.05, 4.69) is 4.74 Å². The third-order valence-corrected chi connectivity index (χ3v) is 2.05. The van der Waals surface area contributed by atoms with Crippen molar-refractivity contribution in [2.45, 2.75) is 32.2 Å². The average Bonchev–Trinajstić information content (AvgIpc) is 2.20. The lowest BCUT2D eigenvalue weighted by molar-refractivity contribution is -0.131. The lowest BCUT2D eigenvalue weighted by atomic mass is 10.2. The van der Waals surface area contributed by atoms with E-state index in [1.807, 2.05) is 6.92 Å². The summed E-state index contributed by atoms with van der Waals surface area (Å²) in [5.74, 6) is -0.116. The molecule has 0 bridgehead atoms. The maximum absolute atomic E-state index is 11.7. The molecule has 0 aliphatic rings. The van der Waals surface area contributed by atoms with Gasteiger partial charge in [0, 0.05) is 19.6 Å². The van der Waals surface area contributed by atoms with Crippen LogP contribution in [0.15, 0.2) is 0 Å². The Labute approximate surface area is 94.7 Å². The molecule has 0 saturated carbocycles. The first kappa shape index (κ1) is 15.2. The largest absolute Gasteiger partial charge is 0.375 e. The molecule has 16 heavy (non-hydrogen) atoms. The molecule has 0 aromatic carbocycles. The number of alkyl halides is 2. The number of hydrogen-bond acceptors (Lipinski definition) is 3. The first-order chi connectivity index (χ1) is 7.43. The standard InChI is InChI=1S/C10H20F2N2O2/c1-8(13)3-5-14(2)10(15)4-6-16-7-9(11)12/h8-9H,3-7,13H2,1-2H3. The fraction of sp³-hybridized carbons (Fsp3) is 0.900. The van der Waals surface area contributed by atoms with E-state index in [1.54, 1.807) is 7.05 Å². The van der Waals surface area contributed by atoms with Crippen LogP contribution < -0.4 is 5.73 Å². The van der Waals surface area contributed by atoms with Gasteiger partial charge < -0.3 is 15.4 Å². The summed E-state index contributed by atoms with van der Waals surface area (Å²) in [5.41, 5.74) is 5.55. The maximum Gasteiger partial charge on any atom is 0.261 e. The van der Waals surface area contributed by atoms with Crippen LogP contribution in [0.2, 0.25) is 0 Å². The van der Waals surface area contributed by atoms with Crippen molar-refractivity contribution in [2.24, 2.45) is 5.73 Å². The second-order valence-electron chi connectivity index (χ2n) is 3.80. The van der Waals surface area contributed by atoms with Crippen LogP contribution in [0.4, 0.5) is 8.78 Å². The minimum Gasteiger partial charge on any atom is -0.375 e. The first-order valence-electron chi connectivity index (χ1n) is 5.29. The van der Waals surface area contributed by atoms with Crippen molar-refractivity contribution >= 4 is 5.91 Å². The smallest absolute Gasteiger partial charge is 0.261 e. The van der Waals surface area contributed by atoms with Crippen molar-refractivity contribution in [3.8, 4) is 0 Å². The van der Waals surface area contributed by atoms with Crippen LogP contribution in [0.1, 0.15) is 19.8 Å². The van der Waals surface area contributed by atoms with Crippen LogP contribution in [0.3, 0.4) is 0 Å². The number of rotatable bonds is 8. The number of carbonyl (C=O) groups excluding carboxylic acids is 1. The molecule has 0 rings (SSSR count). The van der Waals surface area contributed by atoms with E-state index in [4.69, 9.17) is 5.73 Å². The highest BCUT2D eigenvalue weighted by molar-refractivity contribution is 5.75. The predicted octanol–water partition coefficient (Wildman–Crippen LogP) is 0.854. The van der Waals surface area contributed by atoms with E-state index in [-0.39, 0.29) is 25.0 Å². The van der Waals surface area contributed by atoms with Gasteiger partial charge in [-0.05, 0) is 13.3 Å². The molecular formula is C10H20F2N2O2. The number of carbonyl (C=O) groups is 1. The number of nitrogens with two attached hydrogens (primary N) is 1. The maximum atomic E-state index is 11.7. The van der Waals surface area contributed by atoms with Crippen LogP contribution in [-0.2, 0) is 9.53 Å². The van der Waals surface area contributed by atoms with Gasteiger partial charge in [0.2, 0.25) is 5.91 Å². The van der Waals surface area contributed by atoms with Gasteiger partial charge in [0.15, 0.2) is 0 Å². The van der Waals surface area contributed by atoms with Gasteiger partial charge in [0.05, 0.1) is 13.0 Å². The number of nitrogens with zero attached hydrogens (tertiary/aromatic N) is 1. The topological polar surface area (TPSA) is 55.6 Å². The van der Waals surface area contributed by atoms with Crippen LogP contribution in [0.5, 0.6) is 0 Å². The van der Waals surface area contributed by atoms with E-state index in [0.29, 0.717) is 6.54 Å². The third kappa shape index (κ3) is 8.55. The second-order valence-corrected chi connectivity index (χ2v) is 3.80. The summed E-state index contributed by atoms with van der Waals surface area (Å²) in [6.45, 7) is 1.86. The van der Waals surface area contributed by atoms with Gasteiger partial charge in [-0.3, -0.25) is 4.79 Å². The lowest BCUT2D eigenvalue weighted by Crippen LogP contribution is -2.31. The van der Waals surface area contributed by atoms with Gasteiger partial charge >= 0.3 is 0 Å². The Morgan fingerprint density at radius 3 is 2.62 bits per heavy atom. The highest BCUT2D eigenvalue weighted by Gasteiger charge is 2.09. The fourth-order valence-electron chi connectivity index (χ4n) is 1.04. The molecular weight excluding hydrogens is 218 g/mol. The minimum atomic E-state index is -2.48. The van der Waals surface area contributed by atoms with Gasteiger partial charge in [-0.2, -0.15) is 0 Å². The molecule has 2 N–H and O–H groups in total. The summed E-state index contributed by atoms with van der Waals surface area (Å²) >= 11 is 0. The molecule has 1 unspecified atom stereocenters. The van der Waals surface area contributed by atoms with E-state index in [9.17, 15) is 13.6 Å². The quantitative estimate of drug-likeness (QED) is 0.638. The summed E-state index contributed by atoms with van der Waals surface area (Å²) < 4.78 is 28.0. The normalized spacial score (nSPS) is 12.9. The van der Waals surface area contributed by atoms with Crippen molar-refractivity contribution in [1.29, 1.82) is 0 Å². The van der Waals surface area contributed by atoms with Crippen molar-refractivity contribution in [1.82, 2.24) is 4.90 Å². The zero-order valence-electron chi connectivity index (χ0n) is 9.79. The van der Waals surface area contributed by atoms with E-state index < -0.39 is 13.0 Å². The molecule has 0 spiro atoms. The molecule has 0 aliphatic heterocycles. The number of hydrogen-bond donors (Lipinski definition) is 1. The Kier molecular flexibility index (Phi) is 8.01. The zero-order valence-corrected chi connectivity index (χ0v) is 9.79. The molecule has 6 heteroatoms. The molecule has 0 fully saturated rings. The van der Waals surface area contributed by atoms with Crippen molar-refractivity contribution in [2.75, 3.05) is 26.8 Å². The first-order valence-corrected chi connectivity index (χ1v) is 5.29. The Morgan fingerprint density at radius 1 is 1.50 bits per heavy atom. The van der Waals surface area contributed by atoms with Gasteiger partial charge in [-0.1, -0.05) is 0 Å². The zero-order chi connectivity index (χ0) is 12.6. The summed E-state index contributed by atoms with van der Waals surface area (Å²) in [5, 5.41) is 0. The SMILES string of the molecule is CC(N)CCN(C)C(=O)CCOCC(F)F. The monoisotopic (exact) mass is 238 g/mol. The van der Waals surface area contributed by atoms with E-state index in [0.717, 1.165) is 6.42 Å². The van der Waals surface area contributed by atoms with Crippen molar-refractivity contribution in [3.63, 3.8) is 0 Å². The van der Waals surface area contributed by atoms with Crippen molar-refractivity contribution < 1.29 is 18.3 Å². The molecule has 0 aromatic heterocycles. The van der Waals surface area contributed by atoms with Gasteiger partial charge in [-0.15, -0.1) is 0 Å². The summed E-state index contributed by atoms with van der Waals surface area (Å²) in [4.78, 5) is 13.0. The molecule has 0 saturated heterocycles. The summed E-state index contributed by atoms with van der Waals surface area (Å²) in [7, 11) is 1.66. The Morgan fingerprint density at radius 2 is 2.12 bits per heavy atom. The molecule has 0 heterocycles. The van der Waals surface area contributed by atoms with Crippen LogP contribution in [0, 0.1) is 0 Å². The van der Waals surface area contributed by atoms with E-state index >= 15 is 0 Å². The van der Waals surface area contributed by atoms with Crippen LogP contribution in [-0.4, -0.2) is 50.1 Å². The Hall–Kier alpha value is -0.750. The molecule has 96 valence electrons. The average molecular weight is 238 g/mol. The van der Waals surface area contributed by atoms with Crippen LogP contribution in [0.25, 0.3) is 0 Å². The third-order valence-electron chi connectivity index (χ3n) is 2.05. The van der Waals surface area contributed by atoms with Gasteiger partial charge in [0.25, 0.3) is 6.43 Å². The van der Waals surface area contributed by atoms with Crippen LogP contribution >= 0.6 is 0 Å².